The molecule has 1 N–H and O–H groups in total. The lowest BCUT2D eigenvalue weighted by Crippen LogP contribution is -2.26. The smallest absolute Gasteiger partial charge is 0.413 e. The molecule has 0 spiro atoms. The molecule has 4 nitrogen and oxygen atoms in total. The number of rotatable bonds is 6. The third-order valence-electron chi connectivity index (χ3n) is 1.07. The van der Waals surface area contributed by atoms with Crippen LogP contribution in [0.25, 0.3) is 0 Å². The van der Waals surface area contributed by atoms with Crippen molar-refractivity contribution in [2.45, 2.75) is 19.5 Å². The Kier molecular flexibility index (Phi) is 6.22. The highest BCUT2D eigenvalue weighted by atomic mass is 19.4. The fourth-order valence-electron chi connectivity index (χ4n) is 0.591. The van der Waals surface area contributed by atoms with E-state index >= 15 is 0 Å². The van der Waals surface area contributed by atoms with E-state index in [0.717, 1.165) is 0 Å². The van der Waals surface area contributed by atoms with Crippen LogP contribution in [0.5, 0.6) is 0 Å². The van der Waals surface area contributed by atoms with Gasteiger partial charge in [-0.2, -0.15) is 13.2 Å². The zero-order valence-electron chi connectivity index (χ0n) is 7.69. The first-order valence-electron chi connectivity index (χ1n) is 4.02. The minimum atomic E-state index is -4.36. The molecule has 0 aromatic carbocycles. The molecule has 0 aliphatic carbocycles. The molecule has 0 amide bonds. The van der Waals surface area contributed by atoms with Crippen molar-refractivity contribution in [3.63, 3.8) is 0 Å². The lowest BCUT2D eigenvalue weighted by atomic mass is 10.4. The van der Waals surface area contributed by atoms with Gasteiger partial charge in [0.15, 0.2) is 6.61 Å². The van der Waals surface area contributed by atoms with E-state index in [0.29, 0.717) is 0 Å². The van der Waals surface area contributed by atoms with Crippen LogP contribution in [0.4, 0.5) is 13.2 Å². The molecule has 0 aromatic heterocycles. The van der Waals surface area contributed by atoms with Gasteiger partial charge in [-0.1, -0.05) is 0 Å². The van der Waals surface area contributed by atoms with Gasteiger partial charge in [0.05, 0.1) is 13.0 Å². The summed E-state index contributed by atoms with van der Waals surface area (Å²) in [4.78, 5) is 14.7. The second-order valence-electron chi connectivity index (χ2n) is 2.35. The number of ether oxygens (including phenoxy) is 1. The highest BCUT2D eigenvalue weighted by Gasteiger charge is 2.27. The molecule has 0 rings (SSSR count). The Morgan fingerprint density at radius 2 is 2.07 bits per heavy atom. The van der Waals surface area contributed by atoms with E-state index in [1.165, 1.54) is 0 Å². The molecule has 0 aliphatic rings. The molecule has 14 heavy (non-hydrogen) atoms. The number of carbonyl (C=O) groups excluding carboxylic acids is 1. The van der Waals surface area contributed by atoms with Crippen LogP contribution in [0, 0.1) is 0 Å². The molecule has 0 atom stereocenters. The molecule has 0 bridgehead atoms. The molecule has 84 valence electrons. The monoisotopic (exact) mass is 215 g/mol. The zero-order chi connectivity index (χ0) is 11.0. The van der Waals surface area contributed by atoms with Gasteiger partial charge in [-0.3, -0.25) is 9.63 Å². The van der Waals surface area contributed by atoms with Gasteiger partial charge in [0.1, 0.15) is 0 Å². The van der Waals surface area contributed by atoms with E-state index in [2.05, 4.69) is 9.57 Å². The highest BCUT2D eigenvalue weighted by Crippen LogP contribution is 2.13. The second-order valence-corrected chi connectivity index (χ2v) is 2.35. The summed E-state index contributed by atoms with van der Waals surface area (Å²) < 4.78 is 39.0. The first-order valence-corrected chi connectivity index (χ1v) is 4.02. The summed E-state index contributed by atoms with van der Waals surface area (Å²) in [5.41, 5.74) is 2.01. The van der Waals surface area contributed by atoms with Gasteiger partial charge in [0.25, 0.3) is 0 Å². The van der Waals surface area contributed by atoms with Crippen molar-refractivity contribution < 1.29 is 27.5 Å². The Morgan fingerprint density at radius 3 is 2.57 bits per heavy atom. The van der Waals surface area contributed by atoms with Gasteiger partial charge in [0, 0.05) is 6.54 Å². The number of hydroxylamine groups is 1. The normalized spacial score (nSPS) is 11.4. The molecule has 7 heteroatoms. The molecule has 0 saturated heterocycles. The third-order valence-corrected chi connectivity index (χ3v) is 1.07. The van der Waals surface area contributed by atoms with Crippen LogP contribution in [0.1, 0.15) is 13.3 Å². The number of carbonyl (C=O) groups is 1. The van der Waals surface area contributed by atoms with Crippen LogP contribution in [0.3, 0.4) is 0 Å². The summed E-state index contributed by atoms with van der Waals surface area (Å²) in [6.07, 6.45) is -4.39. The van der Waals surface area contributed by atoms with Crippen LogP contribution in [0.15, 0.2) is 0 Å². The van der Waals surface area contributed by atoms with E-state index in [1.807, 2.05) is 5.48 Å². The second kappa shape index (κ2) is 6.61. The summed E-state index contributed by atoms with van der Waals surface area (Å²) in [5, 5.41) is 0. The molecular weight excluding hydrogens is 203 g/mol. The van der Waals surface area contributed by atoms with E-state index in [4.69, 9.17) is 0 Å². The molecule has 0 unspecified atom stereocenters. The Balaban J connectivity index is 3.26. The fourth-order valence-corrected chi connectivity index (χ4v) is 0.591. The van der Waals surface area contributed by atoms with Crippen LogP contribution in [-0.2, 0) is 14.4 Å². The van der Waals surface area contributed by atoms with Crippen LogP contribution < -0.4 is 5.48 Å². The topological polar surface area (TPSA) is 47.6 Å². The van der Waals surface area contributed by atoms with Crippen molar-refractivity contribution in [3.05, 3.63) is 0 Å². The number of hydrogen-bond acceptors (Lipinski definition) is 4. The third kappa shape index (κ3) is 9.27. The predicted octanol–water partition coefficient (Wildman–Crippen LogP) is 1.02. The fraction of sp³-hybridized carbons (Fsp3) is 0.857. The zero-order valence-corrected chi connectivity index (χ0v) is 7.69. The lowest BCUT2D eigenvalue weighted by molar-refractivity contribution is -0.189. The molecule has 0 heterocycles. The van der Waals surface area contributed by atoms with Gasteiger partial charge in [0.2, 0.25) is 0 Å². The number of esters is 1. The first kappa shape index (κ1) is 13.2. The summed E-state index contributed by atoms with van der Waals surface area (Å²) in [6.45, 7) is 0.512. The van der Waals surface area contributed by atoms with Gasteiger partial charge < -0.3 is 4.74 Å². The van der Waals surface area contributed by atoms with Crippen molar-refractivity contribution in [1.29, 1.82) is 0 Å². The molecule has 0 aliphatic heterocycles. The maximum absolute atomic E-state index is 11.5. The minimum absolute atomic E-state index is 0.00505. The van der Waals surface area contributed by atoms with Crippen LogP contribution >= 0.6 is 0 Å². The standard InChI is InChI=1S/C7H12F3NO3/c1-2-13-6(12)3-4-11-14-5-7(8,9)10/h11H,2-5H2,1H3. The number of nitrogens with one attached hydrogen (secondary N) is 1. The van der Waals surface area contributed by atoms with E-state index in [-0.39, 0.29) is 19.6 Å². The van der Waals surface area contributed by atoms with Crippen molar-refractivity contribution in [2.24, 2.45) is 0 Å². The number of alkyl halides is 3. The maximum Gasteiger partial charge on any atom is 0.413 e. The largest absolute Gasteiger partial charge is 0.466 e. The Bertz CT molecular complexity index is 172. The summed E-state index contributed by atoms with van der Waals surface area (Å²) in [5.74, 6) is -0.476. The lowest BCUT2D eigenvalue weighted by Gasteiger charge is -2.07. The summed E-state index contributed by atoms with van der Waals surface area (Å²) >= 11 is 0. The van der Waals surface area contributed by atoms with Crippen LogP contribution in [-0.4, -0.2) is 31.9 Å². The van der Waals surface area contributed by atoms with Gasteiger partial charge in [-0.05, 0) is 6.92 Å². The van der Waals surface area contributed by atoms with Crippen molar-refractivity contribution in [1.82, 2.24) is 5.48 Å². The van der Waals surface area contributed by atoms with Gasteiger partial charge in [-0.25, -0.2) is 5.48 Å². The molecule has 0 aromatic rings. The first-order chi connectivity index (χ1) is 6.45. The predicted molar refractivity (Wildman–Crippen MR) is 41.3 cm³/mol. The van der Waals surface area contributed by atoms with E-state index < -0.39 is 18.8 Å². The Hall–Kier alpha value is -0.820. The maximum atomic E-state index is 11.5. The van der Waals surface area contributed by atoms with E-state index in [1.54, 1.807) is 6.92 Å². The Labute approximate surface area is 79.3 Å². The average Bonchev–Trinajstić information content (AvgIpc) is 2.02. The summed E-state index contributed by atoms with van der Waals surface area (Å²) in [7, 11) is 0. The average molecular weight is 215 g/mol. The van der Waals surface area contributed by atoms with Crippen LogP contribution in [0.2, 0.25) is 0 Å². The highest BCUT2D eigenvalue weighted by molar-refractivity contribution is 5.69. The molecular formula is C7H12F3NO3. The van der Waals surface area contributed by atoms with Crippen molar-refractivity contribution >= 4 is 5.97 Å². The molecule has 0 saturated carbocycles. The SMILES string of the molecule is CCOC(=O)CCNOCC(F)(F)F. The van der Waals surface area contributed by atoms with Gasteiger partial charge in [-0.15, -0.1) is 0 Å². The summed E-state index contributed by atoms with van der Waals surface area (Å²) in [6, 6.07) is 0. The Morgan fingerprint density at radius 1 is 1.43 bits per heavy atom. The number of halogens is 3. The van der Waals surface area contributed by atoms with Crippen molar-refractivity contribution in [3.8, 4) is 0 Å². The van der Waals surface area contributed by atoms with Crippen molar-refractivity contribution in [2.75, 3.05) is 19.8 Å². The number of hydrogen-bond donors (Lipinski definition) is 1. The minimum Gasteiger partial charge on any atom is -0.466 e. The molecule has 0 radical (unpaired) electrons. The van der Waals surface area contributed by atoms with E-state index in [9.17, 15) is 18.0 Å². The quantitative estimate of drug-likeness (QED) is 0.408. The molecule has 0 fully saturated rings. The van der Waals surface area contributed by atoms with Gasteiger partial charge >= 0.3 is 12.1 Å².